The lowest BCUT2D eigenvalue weighted by atomic mass is 10.0. The van der Waals surface area contributed by atoms with E-state index < -0.39 is 11.6 Å². The van der Waals surface area contributed by atoms with Gasteiger partial charge < -0.3 is 15.8 Å². The smallest absolute Gasteiger partial charge is 0.407 e. The van der Waals surface area contributed by atoms with Crippen LogP contribution in [0.1, 0.15) is 41.0 Å². The van der Waals surface area contributed by atoms with E-state index >= 15 is 0 Å². The monoisotopic (exact) mass is 202 g/mol. The van der Waals surface area contributed by atoms with Gasteiger partial charge in [0.25, 0.3) is 0 Å². The molecule has 0 aromatic heterocycles. The molecule has 0 aromatic rings. The molecule has 3 N–H and O–H groups in total. The molecule has 0 radical (unpaired) electrons. The summed E-state index contributed by atoms with van der Waals surface area (Å²) in [4.78, 5) is 11.2. The summed E-state index contributed by atoms with van der Waals surface area (Å²) in [5, 5.41) is 2.70. The molecule has 14 heavy (non-hydrogen) atoms. The van der Waals surface area contributed by atoms with Gasteiger partial charge in [0.15, 0.2) is 0 Å². The second-order valence-electron chi connectivity index (χ2n) is 4.96. The normalized spacial score (nSPS) is 15.9. The molecule has 0 heterocycles. The summed E-state index contributed by atoms with van der Waals surface area (Å²) in [6, 6.07) is 0. The summed E-state index contributed by atoms with van der Waals surface area (Å²) in [5.41, 5.74) is 5.12. The number of carbonyl (C=O) groups excluding carboxylic acids is 1. The van der Waals surface area contributed by atoms with E-state index in [2.05, 4.69) is 5.32 Å². The molecule has 0 aromatic carbocycles. The lowest BCUT2D eigenvalue weighted by Crippen LogP contribution is -2.46. The summed E-state index contributed by atoms with van der Waals surface area (Å²) in [7, 11) is 0. The molecule has 84 valence electrons. The van der Waals surface area contributed by atoms with Crippen LogP contribution in [0.25, 0.3) is 0 Å². The first kappa shape index (κ1) is 13.2. The molecule has 1 unspecified atom stereocenters. The van der Waals surface area contributed by atoms with Crippen LogP contribution in [0.3, 0.4) is 0 Å². The summed E-state index contributed by atoms with van der Waals surface area (Å²) < 4.78 is 5.00. The van der Waals surface area contributed by atoms with Crippen molar-refractivity contribution in [3.8, 4) is 0 Å². The first-order valence-corrected chi connectivity index (χ1v) is 4.90. The molecule has 0 saturated heterocycles. The van der Waals surface area contributed by atoms with E-state index in [4.69, 9.17) is 10.5 Å². The minimum atomic E-state index is -0.435. The van der Waals surface area contributed by atoms with Crippen LogP contribution >= 0.6 is 0 Å². The fourth-order valence-electron chi connectivity index (χ4n) is 0.675. The maximum Gasteiger partial charge on any atom is 0.407 e. The van der Waals surface area contributed by atoms with E-state index in [1.54, 1.807) is 0 Å². The molecule has 1 atom stereocenters. The first-order chi connectivity index (χ1) is 6.16. The molecule has 0 aliphatic rings. The van der Waals surface area contributed by atoms with E-state index in [0.717, 1.165) is 6.42 Å². The second kappa shape index (κ2) is 4.64. The minimum absolute atomic E-state index is 0.241. The second-order valence-corrected chi connectivity index (χ2v) is 4.96. The number of nitrogens with two attached hydrogens (primary N) is 1. The molecule has 0 spiro atoms. The van der Waals surface area contributed by atoms with Crippen LogP contribution in [0.5, 0.6) is 0 Å². The zero-order chi connectivity index (χ0) is 11.4. The molecule has 0 bridgehead atoms. The van der Waals surface area contributed by atoms with Gasteiger partial charge in [0.05, 0.1) is 0 Å². The Morgan fingerprint density at radius 2 is 1.86 bits per heavy atom. The highest BCUT2D eigenvalue weighted by Gasteiger charge is 2.20. The number of ether oxygens (including phenoxy) is 1. The third-order valence-corrected chi connectivity index (χ3v) is 1.82. The van der Waals surface area contributed by atoms with Crippen LogP contribution in [-0.4, -0.2) is 23.8 Å². The van der Waals surface area contributed by atoms with Gasteiger partial charge in [0.2, 0.25) is 0 Å². The van der Waals surface area contributed by atoms with Gasteiger partial charge in [-0.3, -0.25) is 0 Å². The Morgan fingerprint density at radius 3 is 2.21 bits per heavy atom. The highest BCUT2D eigenvalue weighted by Crippen LogP contribution is 2.06. The summed E-state index contributed by atoms with van der Waals surface area (Å²) >= 11 is 0. The maximum atomic E-state index is 11.2. The molecule has 1 amide bonds. The van der Waals surface area contributed by atoms with Crippen molar-refractivity contribution in [1.82, 2.24) is 5.32 Å². The van der Waals surface area contributed by atoms with Crippen LogP contribution in [0, 0.1) is 0 Å². The highest BCUT2D eigenvalue weighted by molar-refractivity contribution is 5.68. The zero-order valence-electron chi connectivity index (χ0n) is 9.81. The van der Waals surface area contributed by atoms with Gasteiger partial charge in [-0.25, -0.2) is 4.79 Å². The van der Waals surface area contributed by atoms with Crippen LogP contribution in [0.4, 0.5) is 4.79 Å². The summed E-state index contributed by atoms with van der Waals surface area (Å²) in [5.74, 6) is 0. The average molecular weight is 202 g/mol. The molecule has 0 aliphatic heterocycles. The molecular formula is C10H22N2O2. The van der Waals surface area contributed by atoms with Crippen LogP contribution in [-0.2, 0) is 4.74 Å². The van der Waals surface area contributed by atoms with Crippen LogP contribution in [0.2, 0.25) is 0 Å². The van der Waals surface area contributed by atoms with Crippen molar-refractivity contribution in [3.05, 3.63) is 0 Å². The summed E-state index contributed by atoms with van der Waals surface area (Å²) in [6.07, 6.45) is 0.359. The Hall–Kier alpha value is -0.770. The van der Waals surface area contributed by atoms with Crippen molar-refractivity contribution < 1.29 is 9.53 Å². The van der Waals surface area contributed by atoms with Crippen molar-refractivity contribution in [2.45, 2.75) is 52.1 Å². The Morgan fingerprint density at radius 1 is 1.36 bits per heavy atom. The highest BCUT2D eigenvalue weighted by atomic mass is 16.5. The van der Waals surface area contributed by atoms with Gasteiger partial charge in [-0.1, -0.05) is 6.92 Å². The number of rotatable bonds is 3. The molecule has 4 heteroatoms. The quantitative estimate of drug-likeness (QED) is 0.731. The number of carbonyl (C=O) groups is 1. The van der Waals surface area contributed by atoms with Gasteiger partial charge in [0, 0.05) is 11.1 Å². The topological polar surface area (TPSA) is 64.3 Å². The number of alkyl carbamates (subject to hydrolysis) is 1. The lowest BCUT2D eigenvalue weighted by Gasteiger charge is -2.25. The molecule has 0 saturated carbocycles. The molecule has 0 fully saturated rings. The van der Waals surface area contributed by atoms with Crippen molar-refractivity contribution >= 4 is 6.09 Å². The standard InChI is InChI=1S/C10H22N2O2/c1-6-10(5,11)7-14-8(13)12-9(2,3)4/h6-7,11H2,1-5H3,(H,12,13). The van der Waals surface area contributed by atoms with Gasteiger partial charge in [-0.2, -0.15) is 0 Å². The van der Waals surface area contributed by atoms with E-state index in [1.807, 2.05) is 34.6 Å². The maximum absolute atomic E-state index is 11.2. The van der Waals surface area contributed by atoms with Crippen molar-refractivity contribution in [3.63, 3.8) is 0 Å². The fraction of sp³-hybridized carbons (Fsp3) is 0.900. The van der Waals surface area contributed by atoms with Crippen molar-refractivity contribution in [1.29, 1.82) is 0 Å². The summed E-state index contributed by atoms with van der Waals surface area (Å²) in [6.45, 7) is 9.76. The molecule has 0 aliphatic carbocycles. The van der Waals surface area contributed by atoms with E-state index in [0.29, 0.717) is 0 Å². The third kappa shape index (κ3) is 6.71. The Kier molecular flexibility index (Phi) is 4.39. The average Bonchev–Trinajstić information content (AvgIpc) is 1.98. The van der Waals surface area contributed by atoms with Crippen molar-refractivity contribution in [2.24, 2.45) is 5.73 Å². The van der Waals surface area contributed by atoms with Crippen LogP contribution in [0.15, 0.2) is 0 Å². The van der Waals surface area contributed by atoms with Gasteiger partial charge in [-0.15, -0.1) is 0 Å². The Labute approximate surface area is 86.2 Å². The Balaban J connectivity index is 3.87. The predicted octanol–water partition coefficient (Wildman–Crippen LogP) is 1.64. The molecule has 0 rings (SSSR count). The number of amides is 1. The zero-order valence-corrected chi connectivity index (χ0v) is 9.81. The number of nitrogens with one attached hydrogen (secondary N) is 1. The van der Waals surface area contributed by atoms with Crippen LogP contribution < -0.4 is 11.1 Å². The van der Waals surface area contributed by atoms with Gasteiger partial charge in [-0.05, 0) is 34.1 Å². The molecular weight excluding hydrogens is 180 g/mol. The van der Waals surface area contributed by atoms with E-state index in [9.17, 15) is 4.79 Å². The molecule has 4 nitrogen and oxygen atoms in total. The first-order valence-electron chi connectivity index (χ1n) is 4.90. The van der Waals surface area contributed by atoms with Crippen molar-refractivity contribution in [2.75, 3.05) is 6.61 Å². The fourth-order valence-corrected chi connectivity index (χ4v) is 0.675. The third-order valence-electron chi connectivity index (χ3n) is 1.82. The van der Waals surface area contributed by atoms with Gasteiger partial charge >= 0.3 is 6.09 Å². The lowest BCUT2D eigenvalue weighted by molar-refractivity contribution is 0.112. The number of hydrogen-bond donors (Lipinski definition) is 2. The van der Waals surface area contributed by atoms with E-state index in [-0.39, 0.29) is 12.1 Å². The predicted molar refractivity (Wildman–Crippen MR) is 57.1 cm³/mol. The SMILES string of the molecule is CCC(C)(N)COC(=O)NC(C)(C)C. The van der Waals surface area contributed by atoms with E-state index in [1.165, 1.54) is 0 Å². The number of hydrogen-bond acceptors (Lipinski definition) is 3. The van der Waals surface area contributed by atoms with Gasteiger partial charge in [0.1, 0.15) is 6.61 Å². The largest absolute Gasteiger partial charge is 0.448 e. The Bertz CT molecular complexity index is 195. The minimum Gasteiger partial charge on any atom is -0.448 e.